The van der Waals surface area contributed by atoms with Crippen molar-refractivity contribution < 1.29 is 9.32 Å². The summed E-state index contributed by atoms with van der Waals surface area (Å²) >= 11 is 6.20. The molecular weight excluding hydrogens is 350 g/mol. The van der Waals surface area contributed by atoms with Gasteiger partial charge in [0, 0.05) is 29.2 Å². The Bertz CT molecular complexity index is 1070. The topological polar surface area (TPSA) is 70.9 Å². The Morgan fingerprint density at radius 1 is 1.15 bits per heavy atom. The van der Waals surface area contributed by atoms with Gasteiger partial charge >= 0.3 is 0 Å². The van der Waals surface area contributed by atoms with Crippen LogP contribution in [0.5, 0.6) is 0 Å². The van der Waals surface area contributed by atoms with E-state index in [0.29, 0.717) is 28.5 Å². The maximum atomic E-state index is 12.5. The maximum absolute atomic E-state index is 12.5. The number of amides is 1. The number of benzene rings is 2. The minimum absolute atomic E-state index is 0.235. The van der Waals surface area contributed by atoms with Crippen LogP contribution >= 0.6 is 11.6 Å². The Morgan fingerprint density at radius 3 is 2.85 bits per heavy atom. The highest BCUT2D eigenvalue weighted by atomic mass is 35.5. The van der Waals surface area contributed by atoms with Crippen LogP contribution in [0.1, 0.15) is 15.9 Å². The second-order valence-corrected chi connectivity index (χ2v) is 6.32. The second kappa shape index (κ2) is 7.06. The molecule has 0 aliphatic rings. The Morgan fingerprint density at radius 2 is 1.96 bits per heavy atom. The van der Waals surface area contributed by atoms with Crippen molar-refractivity contribution in [2.75, 3.05) is 6.54 Å². The average Bonchev–Trinajstić information content (AvgIpc) is 3.29. The van der Waals surface area contributed by atoms with E-state index in [1.807, 2.05) is 36.5 Å². The van der Waals surface area contributed by atoms with Gasteiger partial charge in [-0.2, -0.15) is 0 Å². The molecule has 2 heterocycles. The van der Waals surface area contributed by atoms with E-state index >= 15 is 0 Å². The van der Waals surface area contributed by atoms with Gasteiger partial charge in [-0.25, -0.2) is 0 Å². The summed E-state index contributed by atoms with van der Waals surface area (Å²) < 4.78 is 5.26. The van der Waals surface area contributed by atoms with Gasteiger partial charge < -0.3 is 14.8 Å². The molecule has 0 aliphatic carbocycles. The van der Waals surface area contributed by atoms with Crippen molar-refractivity contribution in [1.29, 1.82) is 0 Å². The second-order valence-electron chi connectivity index (χ2n) is 5.91. The largest absolute Gasteiger partial charge is 0.361 e. The van der Waals surface area contributed by atoms with Gasteiger partial charge in [-0.1, -0.05) is 47.1 Å². The van der Waals surface area contributed by atoms with Crippen LogP contribution in [-0.2, 0) is 6.42 Å². The van der Waals surface area contributed by atoms with E-state index in [1.54, 1.807) is 12.1 Å². The van der Waals surface area contributed by atoms with Gasteiger partial charge in [-0.05, 0) is 30.2 Å². The molecule has 0 atom stereocenters. The Kier molecular flexibility index (Phi) is 4.46. The number of aromatic nitrogens is 2. The van der Waals surface area contributed by atoms with Gasteiger partial charge in [-0.15, -0.1) is 0 Å². The zero-order chi connectivity index (χ0) is 17.9. The van der Waals surface area contributed by atoms with Crippen LogP contribution in [0.25, 0.3) is 22.2 Å². The Hall–Kier alpha value is -3.05. The highest BCUT2D eigenvalue weighted by Crippen LogP contribution is 2.30. The fourth-order valence-electron chi connectivity index (χ4n) is 2.99. The molecule has 0 saturated heterocycles. The standard InChI is InChI=1S/C20H16ClN3O2/c21-17-7-3-1-6-15(17)19-16(12-24-26-19)20(25)22-10-9-13-11-23-18-8-4-2-5-14(13)18/h1-8,11-12,23H,9-10H2,(H,22,25). The van der Waals surface area contributed by atoms with Crippen LogP contribution in [0.4, 0.5) is 0 Å². The maximum Gasteiger partial charge on any atom is 0.256 e. The van der Waals surface area contributed by atoms with Crippen molar-refractivity contribution in [1.82, 2.24) is 15.5 Å². The van der Waals surface area contributed by atoms with Crippen molar-refractivity contribution in [3.8, 4) is 11.3 Å². The summed E-state index contributed by atoms with van der Waals surface area (Å²) in [6, 6.07) is 15.3. The first-order valence-corrected chi connectivity index (χ1v) is 8.64. The van der Waals surface area contributed by atoms with Crippen molar-refractivity contribution in [3.05, 3.63) is 77.1 Å². The van der Waals surface area contributed by atoms with Crippen LogP contribution in [0.15, 0.2) is 65.4 Å². The zero-order valence-corrected chi connectivity index (χ0v) is 14.6. The van der Waals surface area contributed by atoms with Gasteiger partial charge in [0.1, 0.15) is 5.56 Å². The molecule has 26 heavy (non-hydrogen) atoms. The van der Waals surface area contributed by atoms with Crippen LogP contribution < -0.4 is 5.32 Å². The summed E-state index contributed by atoms with van der Waals surface area (Å²) in [4.78, 5) is 15.8. The molecular formula is C20H16ClN3O2. The normalized spacial score (nSPS) is 11.0. The van der Waals surface area contributed by atoms with Crippen LogP contribution in [0, 0.1) is 0 Å². The Balaban J connectivity index is 1.46. The molecule has 2 aromatic heterocycles. The molecule has 4 aromatic rings. The first-order chi connectivity index (χ1) is 12.7. The van der Waals surface area contributed by atoms with Crippen molar-refractivity contribution in [2.24, 2.45) is 0 Å². The van der Waals surface area contributed by atoms with E-state index in [9.17, 15) is 4.79 Å². The van der Waals surface area contributed by atoms with E-state index in [4.69, 9.17) is 16.1 Å². The fourth-order valence-corrected chi connectivity index (χ4v) is 3.21. The molecule has 6 heteroatoms. The van der Waals surface area contributed by atoms with Crippen LogP contribution in [0.3, 0.4) is 0 Å². The molecule has 0 fully saturated rings. The SMILES string of the molecule is O=C(NCCc1c[nH]c2ccccc12)c1cnoc1-c1ccccc1Cl. The van der Waals surface area contributed by atoms with Gasteiger partial charge in [0.05, 0.1) is 11.2 Å². The molecule has 0 spiro atoms. The van der Waals surface area contributed by atoms with E-state index < -0.39 is 0 Å². The molecule has 4 rings (SSSR count). The molecule has 0 aliphatic heterocycles. The van der Waals surface area contributed by atoms with E-state index in [1.165, 1.54) is 11.6 Å². The van der Waals surface area contributed by atoms with E-state index in [-0.39, 0.29) is 5.91 Å². The highest BCUT2D eigenvalue weighted by Gasteiger charge is 2.19. The monoisotopic (exact) mass is 365 g/mol. The van der Waals surface area contributed by atoms with E-state index in [2.05, 4.69) is 21.5 Å². The van der Waals surface area contributed by atoms with Crippen molar-refractivity contribution in [2.45, 2.75) is 6.42 Å². The lowest BCUT2D eigenvalue weighted by molar-refractivity contribution is 0.0954. The number of halogens is 1. The van der Waals surface area contributed by atoms with Crippen LogP contribution in [-0.4, -0.2) is 22.6 Å². The lowest BCUT2D eigenvalue weighted by Crippen LogP contribution is -2.25. The summed E-state index contributed by atoms with van der Waals surface area (Å²) in [6.07, 6.45) is 4.12. The molecule has 0 unspecified atom stereocenters. The lowest BCUT2D eigenvalue weighted by Gasteiger charge is -2.05. The number of H-pyrrole nitrogens is 1. The number of carbonyl (C=O) groups is 1. The quantitative estimate of drug-likeness (QED) is 0.549. The minimum atomic E-state index is -0.235. The van der Waals surface area contributed by atoms with Gasteiger partial charge in [-0.3, -0.25) is 4.79 Å². The minimum Gasteiger partial charge on any atom is -0.361 e. The molecule has 0 saturated carbocycles. The number of hydrogen-bond acceptors (Lipinski definition) is 3. The lowest BCUT2D eigenvalue weighted by atomic mass is 10.1. The predicted octanol–water partition coefficient (Wildman–Crippen LogP) is 4.45. The molecule has 2 N–H and O–H groups in total. The first kappa shape index (κ1) is 16.4. The molecule has 0 radical (unpaired) electrons. The number of carbonyl (C=O) groups excluding carboxylic acids is 1. The fraction of sp³-hybridized carbons (Fsp3) is 0.100. The summed E-state index contributed by atoms with van der Waals surface area (Å²) in [5.41, 5.74) is 3.27. The third-order valence-corrected chi connectivity index (χ3v) is 4.62. The predicted molar refractivity (Wildman–Crippen MR) is 101 cm³/mol. The van der Waals surface area contributed by atoms with E-state index in [0.717, 1.165) is 17.5 Å². The third-order valence-electron chi connectivity index (χ3n) is 4.29. The van der Waals surface area contributed by atoms with Gasteiger partial charge in [0.15, 0.2) is 5.76 Å². The number of fused-ring (bicyclic) bond motifs is 1. The van der Waals surface area contributed by atoms with Gasteiger partial charge in [0.2, 0.25) is 0 Å². The number of para-hydroxylation sites is 1. The summed E-state index contributed by atoms with van der Waals surface area (Å²) in [5, 5.41) is 8.36. The smallest absolute Gasteiger partial charge is 0.256 e. The number of nitrogens with one attached hydrogen (secondary N) is 2. The third kappa shape index (κ3) is 3.09. The molecule has 2 aromatic carbocycles. The molecule has 130 valence electrons. The van der Waals surface area contributed by atoms with Crippen molar-refractivity contribution in [3.63, 3.8) is 0 Å². The number of hydrogen-bond donors (Lipinski definition) is 2. The average molecular weight is 366 g/mol. The molecule has 1 amide bonds. The summed E-state index contributed by atoms with van der Waals surface area (Å²) in [6.45, 7) is 0.508. The number of nitrogens with zero attached hydrogens (tertiary/aromatic N) is 1. The Labute approximate surface area is 155 Å². The number of rotatable bonds is 5. The molecule has 0 bridgehead atoms. The first-order valence-electron chi connectivity index (χ1n) is 8.27. The molecule has 5 nitrogen and oxygen atoms in total. The summed E-state index contributed by atoms with van der Waals surface area (Å²) in [7, 11) is 0. The zero-order valence-electron chi connectivity index (χ0n) is 13.8. The highest BCUT2D eigenvalue weighted by molar-refractivity contribution is 6.33. The summed E-state index contributed by atoms with van der Waals surface area (Å²) in [5.74, 6) is 0.140. The number of aromatic amines is 1. The van der Waals surface area contributed by atoms with Crippen LogP contribution in [0.2, 0.25) is 5.02 Å². The van der Waals surface area contributed by atoms with Gasteiger partial charge in [0.25, 0.3) is 5.91 Å². The van der Waals surface area contributed by atoms with Crippen molar-refractivity contribution >= 4 is 28.4 Å².